The predicted octanol–water partition coefficient (Wildman–Crippen LogP) is 4.42. The molecule has 3 aliphatic carbocycles. The lowest BCUT2D eigenvalue weighted by Crippen LogP contribution is -2.49. The van der Waals surface area contributed by atoms with E-state index in [1.54, 1.807) is 113 Å². The molecule has 4 atom stereocenters. The fourth-order valence-electron chi connectivity index (χ4n) is 6.86. The molecule has 0 aromatic rings. The van der Waals surface area contributed by atoms with Gasteiger partial charge in [0.1, 0.15) is 5.76 Å². The average molecular weight is 613 g/mol. The maximum Gasteiger partial charge on any atom is 0.394 e. The number of rotatable bonds is 14. The Hall–Kier alpha value is -0.0900. The minimum atomic E-state index is -3.32. The summed E-state index contributed by atoms with van der Waals surface area (Å²) in [6, 6.07) is 0. The molecular weight excluding hydrogens is 561 g/mol. The summed E-state index contributed by atoms with van der Waals surface area (Å²) in [4.78, 5) is 0. The molecule has 3 aliphatic rings. The van der Waals surface area contributed by atoms with Crippen LogP contribution < -0.4 is 0 Å². The van der Waals surface area contributed by atoms with Crippen LogP contribution in [-0.2, 0) is 27.3 Å². The largest absolute Gasteiger partial charge is 0.427 e. The molecule has 2 fully saturated rings. The molecule has 2 saturated carbocycles. The third-order valence-corrected chi connectivity index (χ3v) is 16.5. The lowest BCUT2D eigenvalue weighted by Gasteiger charge is -2.49. The van der Waals surface area contributed by atoms with Crippen LogP contribution in [0.25, 0.3) is 0 Å². The van der Waals surface area contributed by atoms with Crippen molar-refractivity contribution in [1.29, 1.82) is 0 Å². The highest BCUT2D eigenvalue weighted by Crippen LogP contribution is 2.75. The standard InChI is InChI=1S/C24H51N6O6P3/c1-25(2)37(31,26(3)4)34-18-23-16-22(36-39(33,29(9)10)30(11)12)17-24(23,21-14-13-20(23)15-21)19-35-38(32,27(5)6)28(7)8/h16,20-21H,13-15,17-19H2,1-12H3/t20-,21-,23-,24-/m0/s1. The van der Waals surface area contributed by atoms with Crippen molar-refractivity contribution >= 4 is 23.0 Å². The smallest absolute Gasteiger partial charge is 0.394 e. The van der Waals surface area contributed by atoms with E-state index in [2.05, 4.69) is 6.08 Å². The van der Waals surface area contributed by atoms with Crippen molar-refractivity contribution in [1.82, 2.24) is 28.0 Å². The van der Waals surface area contributed by atoms with Crippen molar-refractivity contribution < 1.29 is 27.3 Å². The van der Waals surface area contributed by atoms with E-state index in [0.717, 1.165) is 19.3 Å². The summed E-state index contributed by atoms with van der Waals surface area (Å²) in [5.41, 5.74) is -1.07. The third-order valence-electron chi connectivity index (χ3n) is 9.01. The fourth-order valence-corrected chi connectivity index (χ4v) is 11.5. The average Bonchev–Trinajstić information content (AvgIpc) is 3.50. The minimum absolute atomic E-state index is 0.195. The Morgan fingerprint density at radius 3 is 1.51 bits per heavy atom. The van der Waals surface area contributed by atoms with Gasteiger partial charge in [-0.25, -0.2) is 32.6 Å². The summed E-state index contributed by atoms with van der Waals surface area (Å²) in [6.45, 7) is 0.414. The molecule has 0 unspecified atom stereocenters. The summed E-state index contributed by atoms with van der Waals surface area (Å²) in [6.07, 6.45) is 5.58. The number of fused-ring (bicyclic) bond motifs is 5. The molecule has 3 rings (SSSR count). The molecule has 228 valence electrons. The molecule has 0 aliphatic heterocycles. The van der Waals surface area contributed by atoms with Gasteiger partial charge in [0.15, 0.2) is 0 Å². The Balaban J connectivity index is 2.11. The van der Waals surface area contributed by atoms with E-state index < -0.39 is 33.8 Å². The monoisotopic (exact) mass is 612 g/mol. The molecule has 0 saturated heterocycles. The first-order chi connectivity index (χ1) is 17.8. The molecule has 0 amide bonds. The van der Waals surface area contributed by atoms with E-state index in [1.165, 1.54) is 0 Å². The number of hydrogen-bond acceptors (Lipinski definition) is 6. The van der Waals surface area contributed by atoms with Gasteiger partial charge in [0.05, 0.1) is 13.2 Å². The highest BCUT2D eigenvalue weighted by Gasteiger charge is 2.70. The Kier molecular flexibility index (Phi) is 9.88. The zero-order valence-electron chi connectivity index (χ0n) is 25.9. The Morgan fingerprint density at radius 2 is 1.08 bits per heavy atom. The SMILES string of the molecule is CN(C)P(=O)(OC[C@]12CC(OP(=O)(N(C)C)N(C)C)=C[C@]1(COP(=O)(N(C)C)N(C)C)[C@H]1CC[C@H]2C1)N(C)C. The maximum absolute atomic E-state index is 13.9. The topological polar surface area (TPSA) is 98.3 Å². The molecule has 15 heteroatoms. The second kappa shape index (κ2) is 11.5. The molecule has 2 bridgehead atoms. The summed E-state index contributed by atoms with van der Waals surface area (Å²) in [5, 5.41) is 0. The molecular formula is C24H51N6O6P3. The first kappa shape index (κ1) is 33.4. The van der Waals surface area contributed by atoms with E-state index in [9.17, 15) is 13.7 Å². The Bertz CT molecular complexity index is 1050. The molecule has 0 radical (unpaired) electrons. The molecule has 0 N–H and O–H groups in total. The van der Waals surface area contributed by atoms with Gasteiger partial charge in [-0.15, -0.1) is 0 Å². The molecule has 0 spiro atoms. The quantitative estimate of drug-likeness (QED) is 0.260. The fraction of sp³-hybridized carbons (Fsp3) is 0.917. The van der Waals surface area contributed by atoms with E-state index in [0.29, 0.717) is 12.2 Å². The van der Waals surface area contributed by atoms with Crippen molar-refractivity contribution in [3.8, 4) is 0 Å². The highest BCUT2D eigenvalue weighted by atomic mass is 31.2. The Labute approximate surface area is 236 Å². The van der Waals surface area contributed by atoms with Crippen LogP contribution in [0, 0.1) is 22.7 Å². The molecule has 39 heavy (non-hydrogen) atoms. The second-order valence-corrected chi connectivity index (χ2v) is 20.8. The van der Waals surface area contributed by atoms with Crippen LogP contribution >= 0.6 is 23.0 Å². The highest BCUT2D eigenvalue weighted by molar-refractivity contribution is 7.54. The van der Waals surface area contributed by atoms with Crippen LogP contribution in [0.4, 0.5) is 0 Å². The van der Waals surface area contributed by atoms with Gasteiger partial charge in [-0.3, -0.25) is 9.13 Å². The zero-order valence-corrected chi connectivity index (χ0v) is 28.6. The summed E-state index contributed by atoms with van der Waals surface area (Å²) < 4.78 is 70.5. The van der Waals surface area contributed by atoms with E-state index in [4.69, 9.17) is 13.6 Å². The van der Waals surface area contributed by atoms with Crippen LogP contribution in [0.1, 0.15) is 25.7 Å². The lowest BCUT2D eigenvalue weighted by molar-refractivity contribution is -0.0464. The second-order valence-electron chi connectivity index (χ2n) is 12.4. The summed E-state index contributed by atoms with van der Waals surface area (Å²) >= 11 is 0. The van der Waals surface area contributed by atoms with Crippen molar-refractivity contribution in [3.63, 3.8) is 0 Å². The molecule has 0 aromatic heterocycles. The van der Waals surface area contributed by atoms with Crippen molar-refractivity contribution in [2.75, 3.05) is 97.8 Å². The van der Waals surface area contributed by atoms with Crippen LogP contribution in [0.15, 0.2) is 11.8 Å². The van der Waals surface area contributed by atoms with Gasteiger partial charge in [-0.2, -0.15) is 0 Å². The molecule has 0 heterocycles. The van der Waals surface area contributed by atoms with Gasteiger partial charge >= 0.3 is 23.0 Å². The van der Waals surface area contributed by atoms with Crippen molar-refractivity contribution in [3.05, 3.63) is 11.8 Å². The van der Waals surface area contributed by atoms with Gasteiger partial charge in [-0.05, 0) is 122 Å². The van der Waals surface area contributed by atoms with Crippen LogP contribution in [0.3, 0.4) is 0 Å². The summed E-state index contributed by atoms with van der Waals surface area (Å²) in [5.74, 6) is 1.15. The van der Waals surface area contributed by atoms with Crippen LogP contribution in [0.2, 0.25) is 0 Å². The predicted molar refractivity (Wildman–Crippen MR) is 156 cm³/mol. The number of nitrogens with zero attached hydrogens (tertiary/aromatic N) is 6. The van der Waals surface area contributed by atoms with Crippen molar-refractivity contribution in [2.24, 2.45) is 22.7 Å². The first-order valence-electron chi connectivity index (χ1n) is 13.4. The lowest BCUT2D eigenvalue weighted by atomic mass is 9.58. The number of allylic oxidation sites excluding steroid dienone is 1. The summed E-state index contributed by atoms with van der Waals surface area (Å²) in [7, 11) is 11.1. The van der Waals surface area contributed by atoms with Crippen LogP contribution in [-0.4, -0.2) is 126 Å². The Morgan fingerprint density at radius 1 is 0.667 bits per heavy atom. The normalized spacial score (nSPS) is 29.5. The molecule has 12 nitrogen and oxygen atoms in total. The van der Waals surface area contributed by atoms with Gasteiger partial charge in [0.25, 0.3) is 0 Å². The van der Waals surface area contributed by atoms with E-state index in [1.807, 2.05) is 0 Å². The zero-order chi connectivity index (χ0) is 29.8. The van der Waals surface area contributed by atoms with Gasteiger partial charge in [-0.1, -0.05) is 0 Å². The third kappa shape index (κ3) is 5.43. The maximum atomic E-state index is 13.9. The van der Waals surface area contributed by atoms with Crippen LogP contribution in [0.5, 0.6) is 0 Å². The molecule has 0 aromatic carbocycles. The first-order valence-corrected chi connectivity index (χ1v) is 18.0. The van der Waals surface area contributed by atoms with Gasteiger partial charge in [0.2, 0.25) is 0 Å². The number of hydrogen-bond donors (Lipinski definition) is 0. The van der Waals surface area contributed by atoms with Gasteiger partial charge < -0.3 is 13.6 Å². The minimum Gasteiger partial charge on any atom is -0.427 e. The van der Waals surface area contributed by atoms with Gasteiger partial charge in [0, 0.05) is 17.3 Å². The van der Waals surface area contributed by atoms with Crippen molar-refractivity contribution in [2.45, 2.75) is 25.7 Å². The van der Waals surface area contributed by atoms with E-state index in [-0.39, 0.29) is 25.0 Å². The van der Waals surface area contributed by atoms with E-state index >= 15 is 0 Å².